The van der Waals surface area contributed by atoms with E-state index in [2.05, 4.69) is 4.90 Å². The van der Waals surface area contributed by atoms with Gasteiger partial charge in [-0.1, -0.05) is 30.2 Å². The zero-order chi connectivity index (χ0) is 26.6. The van der Waals surface area contributed by atoms with Crippen molar-refractivity contribution in [2.45, 2.75) is 43.9 Å². The fraction of sp³-hybridized carbons (Fsp3) is 0.481. The summed E-state index contributed by atoms with van der Waals surface area (Å²) < 4.78 is 34.4. The number of carbonyl (C=O) groups is 1. The number of amides is 1. The van der Waals surface area contributed by atoms with Crippen molar-refractivity contribution in [2.75, 3.05) is 52.3 Å². The maximum Gasteiger partial charge on any atom is 0.260 e. The van der Waals surface area contributed by atoms with Crippen LogP contribution in [0.2, 0.25) is 0 Å². The maximum absolute atomic E-state index is 13.7. The van der Waals surface area contributed by atoms with Gasteiger partial charge in [0.15, 0.2) is 5.13 Å². The van der Waals surface area contributed by atoms with Crippen molar-refractivity contribution >= 4 is 42.6 Å². The van der Waals surface area contributed by atoms with Crippen LogP contribution in [0.3, 0.4) is 0 Å². The minimum atomic E-state index is -3.58. The number of thiazole rings is 1. The molecule has 1 fully saturated rings. The predicted octanol–water partition coefficient (Wildman–Crippen LogP) is 4.78. The van der Waals surface area contributed by atoms with E-state index >= 15 is 0 Å². The number of benzene rings is 2. The predicted molar refractivity (Wildman–Crippen MR) is 149 cm³/mol. The molecule has 200 valence electrons. The number of methoxy groups -OCH3 is 1. The first kappa shape index (κ1) is 27.5. The van der Waals surface area contributed by atoms with Gasteiger partial charge >= 0.3 is 0 Å². The average Bonchev–Trinajstić information content (AvgIpc) is 3.14. The summed E-state index contributed by atoms with van der Waals surface area (Å²) in [6.45, 7) is 4.42. The van der Waals surface area contributed by atoms with Crippen LogP contribution in [-0.2, 0) is 10.0 Å². The summed E-state index contributed by atoms with van der Waals surface area (Å²) >= 11 is 1.47. The SMILES string of the molecule is COc1ccc(C)c2sc(N(CCCN(C)C)C(=O)c3ccc(S(=O)(=O)N4CCCCCC4)cc3)nc12. The van der Waals surface area contributed by atoms with E-state index in [0.717, 1.165) is 54.4 Å². The van der Waals surface area contributed by atoms with Gasteiger partial charge in [-0.3, -0.25) is 9.69 Å². The number of ether oxygens (including phenoxy) is 1. The van der Waals surface area contributed by atoms with Crippen LogP contribution in [0.25, 0.3) is 10.2 Å². The number of hydrogen-bond donors (Lipinski definition) is 0. The van der Waals surface area contributed by atoms with Gasteiger partial charge in [0.25, 0.3) is 5.91 Å². The molecule has 0 aliphatic carbocycles. The van der Waals surface area contributed by atoms with Gasteiger partial charge in [-0.2, -0.15) is 4.31 Å². The van der Waals surface area contributed by atoms with E-state index < -0.39 is 10.0 Å². The lowest BCUT2D eigenvalue weighted by molar-refractivity contribution is 0.0986. The van der Waals surface area contributed by atoms with Gasteiger partial charge in [0, 0.05) is 25.2 Å². The van der Waals surface area contributed by atoms with Crippen molar-refractivity contribution in [1.82, 2.24) is 14.2 Å². The standard InChI is InChI=1S/C27H36N4O4S2/c1-20-10-15-23(35-4)24-25(20)36-27(28-24)31(19-9-16-29(2)3)26(32)21-11-13-22(14-12-21)37(33,34)30-17-7-5-6-8-18-30/h10-15H,5-9,16-19H2,1-4H3. The van der Waals surface area contributed by atoms with Gasteiger partial charge in [0.2, 0.25) is 10.0 Å². The summed E-state index contributed by atoms with van der Waals surface area (Å²) in [5.74, 6) is 0.472. The van der Waals surface area contributed by atoms with Crippen molar-refractivity contribution in [3.05, 3.63) is 47.5 Å². The molecule has 1 aromatic heterocycles. The highest BCUT2D eigenvalue weighted by atomic mass is 32.2. The van der Waals surface area contributed by atoms with Crippen molar-refractivity contribution in [3.63, 3.8) is 0 Å². The molecule has 0 saturated carbocycles. The number of nitrogens with zero attached hydrogens (tertiary/aromatic N) is 4. The number of aryl methyl sites for hydroxylation is 1. The van der Waals surface area contributed by atoms with E-state index in [1.807, 2.05) is 33.2 Å². The average molecular weight is 545 g/mol. The molecule has 0 spiro atoms. The molecule has 4 rings (SSSR count). The fourth-order valence-electron chi connectivity index (χ4n) is 4.56. The normalized spacial score (nSPS) is 15.2. The van der Waals surface area contributed by atoms with Crippen LogP contribution in [0.1, 0.15) is 48.0 Å². The van der Waals surface area contributed by atoms with Crippen LogP contribution in [0.4, 0.5) is 5.13 Å². The molecule has 2 heterocycles. The van der Waals surface area contributed by atoms with Crippen molar-refractivity contribution in [3.8, 4) is 5.75 Å². The van der Waals surface area contributed by atoms with Crippen molar-refractivity contribution in [2.24, 2.45) is 0 Å². The Hall–Kier alpha value is -2.53. The number of aromatic nitrogens is 1. The number of fused-ring (bicyclic) bond motifs is 1. The molecule has 1 aliphatic rings. The van der Waals surface area contributed by atoms with E-state index in [0.29, 0.717) is 36.1 Å². The highest BCUT2D eigenvalue weighted by Crippen LogP contribution is 2.37. The van der Waals surface area contributed by atoms with Crippen LogP contribution in [0, 0.1) is 6.92 Å². The van der Waals surface area contributed by atoms with Gasteiger partial charge in [0.05, 0.1) is 16.7 Å². The second-order valence-corrected chi connectivity index (χ2v) is 12.6. The molecule has 10 heteroatoms. The molecule has 0 N–H and O–H groups in total. The van der Waals surface area contributed by atoms with E-state index in [1.165, 1.54) is 11.3 Å². The molecule has 0 unspecified atom stereocenters. The molecule has 1 aliphatic heterocycles. The lowest BCUT2D eigenvalue weighted by Gasteiger charge is -2.22. The highest BCUT2D eigenvalue weighted by molar-refractivity contribution is 7.89. The van der Waals surface area contributed by atoms with E-state index in [9.17, 15) is 13.2 Å². The topological polar surface area (TPSA) is 83.0 Å². The van der Waals surface area contributed by atoms with Crippen molar-refractivity contribution in [1.29, 1.82) is 0 Å². The summed E-state index contributed by atoms with van der Waals surface area (Å²) in [4.78, 5) is 22.5. The lowest BCUT2D eigenvalue weighted by atomic mass is 10.2. The number of carbonyl (C=O) groups excluding carboxylic acids is 1. The third kappa shape index (κ3) is 6.14. The van der Waals surface area contributed by atoms with E-state index in [4.69, 9.17) is 9.72 Å². The van der Waals surface area contributed by atoms with Gasteiger partial charge in [-0.15, -0.1) is 0 Å². The largest absolute Gasteiger partial charge is 0.494 e. The van der Waals surface area contributed by atoms with Crippen LogP contribution in [0.15, 0.2) is 41.3 Å². The molecule has 2 aromatic carbocycles. The van der Waals surface area contributed by atoms with Crippen LogP contribution in [-0.4, -0.2) is 75.9 Å². The van der Waals surface area contributed by atoms with Gasteiger partial charge in [-0.05, 0) is 82.7 Å². The summed E-state index contributed by atoms with van der Waals surface area (Å²) in [5.41, 5.74) is 2.25. The Kier molecular flexibility index (Phi) is 8.84. The van der Waals surface area contributed by atoms with Gasteiger partial charge in [0.1, 0.15) is 11.3 Å². The van der Waals surface area contributed by atoms with Crippen molar-refractivity contribution < 1.29 is 17.9 Å². The smallest absolute Gasteiger partial charge is 0.260 e. The molecule has 3 aromatic rings. The molecule has 37 heavy (non-hydrogen) atoms. The molecule has 1 saturated heterocycles. The Balaban J connectivity index is 1.64. The minimum absolute atomic E-state index is 0.201. The molecule has 0 bridgehead atoms. The molecular weight excluding hydrogens is 508 g/mol. The number of sulfonamides is 1. The number of anilines is 1. The molecule has 0 radical (unpaired) electrons. The number of hydrogen-bond acceptors (Lipinski definition) is 7. The highest BCUT2D eigenvalue weighted by Gasteiger charge is 2.27. The van der Waals surface area contributed by atoms with Crippen LogP contribution >= 0.6 is 11.3 Å². The first-order chi connectivity index (χ1) is 17.7. The first-order valence-electron chi connectivity index (χ1n) is 12.7. The molecule has 0 atom stereocenters. The minimum Gasteiger partial charge on any atom is -0.494 e. The Labute approximate surface area is 223 Å². The summed E-state index contributed by atoms with van der Waals surface area (Å²) in [6, 6.07) is 10.2. The maximum atomic E-state index is 13.7. The quantitative estimate of drug-likeness (QED) is 0.386. The molecular formula is C27H36N4O4S2. The number of rotatable bonds is 9. The van der Waals surface area contributed by atoms with Crippen LogP contribution < -0.4 is 9.64 Å². The van der Waals surface area contributed by atoms with Gasteiger partial charge in [-0.25, -0.2) is 13.4 Å². The summed E-state index contributed by atoms with van der Waals surface area (Å²) in [6.07, 6.45) is 4.64. The van der Waals surface area contributed by atoms with E-state index in [-0.39, 0.29) is 10.8 Å². The first-order valence-corrected chi connectivity index (χ1v) is 15.0. The third-order valence-corrected chi connectivity index (χ3v) is 9.81. The Bertz CT molecular complexity index is 1330. The molecule has 1 amide bonds. The van der Waals surface area contributed by atoms with E-state index in [1.54, 1.807) is 40.6 Å². The molecule has 8 nitrogen and oxygen atoms in total. The lowest BCUT2D eigenvalue weighted by Crippen LogP contribution is -2.34. The summed E-state index contributed by atoms with van der Waals surface area (Å²) in [7, 11) is 2.04. The Morgan fingerprint density at radius 3 is 2.32 bits per heavy atom. The second-order valence-electron chi connectivity index (χ2n) is 9.72. The summed E-state index contributed by atoms with van der Waals surface area (Å²) in [5, 5.41) is 0.604. The zero-order valence-corrected chi connectivity index (χ0v) is 23.7. The third-order valence-electron chi connectivity index (χ3n) is 6.68. The Morgan fingerprint density at radius 1 is 1.03 bits per heavy atom. The second kappa shape index (κ2) is 11.9. The van der Waals surface area contributed by atoms with Gasteiger partial charge < -0.3 is 9.64 Å². The fourth-order valence-corrected chi connectivity index (χ4v) is 7.16. The van der Waals surface area contributed by atoms with Crippen LogP contribution in [0.5, 0.6) is 5.75 Å². The zero-order valence-electron chi connectivity index (χ0n) is 22.1. The monoisotopic (exact) mass is 544 g/mol. The Morgan fingerprint density at radius 2 is 1.70 bits per heavy atom.